The second kappa shape index (κ2) is 7.28. The van der Waals surface area contributed by atoms with Gasteiger partial charge >= 0.3 is 0 Å². The first-order valence-corrected chi connectivity index (χ1v) is 11.1. The highest BCUT2D eigenvalue weighted by molar-refractivity contribution is 8.00. The van der Waals surface area contributed by atoms with Crippen molar-refractivity contribution in [3.63, 3.8) is 0 Å². The topological polar surface area (TPSA) is 25.8 Å². The molecule has 0 saturated heterocycles. The number of hydrogen-bond acceptors (Lipinski definition) is 5. The Hall–Kier alpha value is -1.69. The standard InChI is InChI=1S/C20H16N2S3/c1-23-13-3-5-15-17(11-13)21-9-7-19(15)25-20-8-10-22-18-12-14(24-2)4-6-16(18)20/h3-12H,1-2H3. The molecule has 0 unspecified atom stereocenters. The van der Waals surface area contributed by atoms with Gasteiger partial charge in [-0.25, -0.2) is 0 Å². The molecule has 0 amide bonds. The van der Waals surface area contributed by atoms with Gasteiger partial charge in [-0.05, 0) is 48.9 Å². The summed E-state index contributed by atoms with van der Waals surface area (Å²) in [6, 6.07) is 17.2. The van der Waals surface area contributed by atoms with E-state index in [2.05, 4.69) is 71.0 Å². The molecule has 5 heteroatoms. The number of rotatable bonds is 4. The quantitative estimate of drug-likeness (QED) is 0.383. The number of fused-ring (bicyclic) bond motifs is 2. The highest BCUT2D eigenvalue weighted by atomic mass is 32.2. The van der Waals surface area contributed by atoms with E-state index in [1.54, 1.807) is 35.3 Å². The number of pyridine rings is 2. The summed E-state index contributed by atoms with van der Waals surface area (Å²) in [5.41, 5.74) is 2.08. The number of hydrogen-bond donors (Lipinski definition) is 0. The summed E-state index contributed by atoms with van der Waals surface area (Å²) in [5.74, 6) is 0. The van der Waals surface area contributed by atoms with Crippen LogP contribution in [0.25, 0.3) is 21.8 Å². The summed E-state index contributed by atoms with van der Waals surface area (Å²) in [4.78, 5) is 14.0. The van der Waals surface area contributed by atoms with Gasteiger partial charge in [-0.15, -0.1) is 23.5 Å². The van der Waals surface area contributed by atoms with E-state index in [-0.39, 0.29) is 0 Å². The van der Waals surface area contributed by atoms with Gasteiger partial charge in [0.1, 0.15) is 0 Å². The summed E-state index contributed by atoms with van der Waals surface area (Å²) >= 11 is 5.26. The molecule has 0 radical (unpaired) electrons. The SMILES string of the molecule is CSc1ccc2c(Sc3ccnc4cc(SC)ccc34)ccnc2c1. The summed E-state index contributed by atoms with van der Waals surface area (Å²) < 4.78 is 0. The van der Waals surface area contributed by atoms with Crippen molar-refractivity contribution in [2.75, 3.05) is 12.5 Å². The molecule has 0 aliphatic heterocycles. The van der Waals surface area contributed by atoms with Gasteiger partial charge in [-0.1, -0.05) is 23.9 Å². The summed E-state index contributed by atoms with van der Waals surface area (Å²) in [6.07, 6.45) is 7.96. The van der Waals surface area contributed by atoms with E-state index in [1.807, 2.05) is 12.4 Å². The Kier molecular flexibility index (Phi) is 4.88. The van der Waals surface area contributed by atoms with Crippen molar-refractivity contribution >= 4 is 57.1 Å². The maximum atomic E-state index is 4.54. The lowest BCUT2D eigenvalue weighted by molar-refractivity contribution is 1.31. The molecule has 0 aliphatic rings. The van der Waals surface area contributed by atoms with Crippen LogP contribution in [0.1, 0.15) is 0 Å². The van der Waals surface area contributed by atoms with Crippen molar-refractivity contribution in [1.82, 2.24) is 9.97 Å². The second-order valence-corrected chi connectivity index (χ2v) is 8.33. The molecule has 4 rings (SSSR count). The number of thioether (sulfide) groups is 2. The smallest absolute Gasteiger partial charge is 0.0724 e. The molecule has 2 aromatic heterocycles. The fourth-order valence-electron chi connectivity index (χ4n) is 2.75. The van der Waals surface area contributed by atoms with Crippen LogP contribution in [-0.4, -0.2) is 22.5 Å². The Morgan fingerprint density at radius 1 is 0.640 bits per heavy atom. The first kappa shape index (κ1) is 16.8. The average molecular weight is 381 g/mol. The third-order valence-electron chi connectivity index (χ3n) is 4.04. The van der Waals surface area contributed by atoms with Crippen LogP contribution in [0.15, 0.2) is 80.5 Å². The van der Waals surface area contributed by atoms with Crippen LogP contribution in [0.4, 0.5) is 0 Å². The lowest BCUT2D eigenvalue weighted by atomic mass is 10.2. The lowest BCUT2D eigenvalue weighted by Crippen LogP contribution is -1.86. The number of nitrogens with zero attached hydrogens (tertiary/aromatic N) is 2. The molecule has 0 fully saturated rings. The second-order valence-electron chi connectivity index (χ2n) is 5.49. The Morgan fingerprint density at radius 2 is 1.12 bits per heavy atom. The van der Waals surface area contributed by atoms with Gasteiger partial charge in [0.15, 0.2) is 0 Å². The van der Waals surface area contributed by atoms with Crippen LogP contribution < -0.4 is 0 Å². The average Bonchev–Trinajstić information content (AvgIpc) is 2.67. The first-order chi connectivity index (χ1) is 12.3. The predicted octanol–water partition coefficient (Wildman–Crippen LogP) is 6.38. The highest BCUT2D eigenvalue weighted by Crippen LogP contribution is 2.37. The Labute approximate surface area is 159 Å². The van der Waals surface area contributed by atoms with Crippen molar-refractivity contribution in [3.8, 4) is 0 Å². The van der Waals surface area contributed by atoms with Gasteiger partial charge in [0, 0.05) is 42.7 Å². The first-order valence-electron chi connectivity index (χ1n) is 7.82. The van der Waals surface area contributed by atoms with Gasteiger partial charge in [0.25, 0.3) is 0 Å². The highest BCUT2D eigenvalue weighted by Gasteiger charge is 2.09. The molecule has 0 spiro atoms. The maximum absolute atomic E-state index is 4.54. The summed E-state index contributed by atoms with van der Waals surface area (Å²) in [7, 11) is 0. The molecule has 0 atom stereocenters. The normalized spacial score (nSPS) is 11.3. The molecule has 25 heavy (non-hydrogen) atoms. The van der Waals surface area contributed by atoms with Crippen LogP contribution in [0, 0.1) is 0 Å². The molecule has 0 N–H and O–H groups in total. The minimum Gasteiger partial charge on any atom is -0.256 e. The van der Waals surface area contributed by atoms with Crippen molar-refractivity contribution in [2.24, 2.45) is 0 Å². The molecule has 0 saturated carbocycles. The molecule has 2 nitrogen and oxygen atoms in total. The Balaban J connectivity index is 1.80. The summed E-state index contributed by atoms with van der Waals surface area (Å²) in [6.45, 7) is 0. The van der Waals surface area contributed by atoms with E-state index in [0.29, 0.717) is 0 Å². The molecule has 2 heterocycles. The Bertz CT molecular complexity index is 978. The van der Waals surface area contributed by atoms with E-state index in [0.717, 1.165) is 11.0 Å². The fourth-order valence-corrected chi connectivity index (χ4v) is 4.68. The van der Waals surface area contributed by atoms with Gasteiger partial charge in [-0.3, -0.25) is 9.97 Å². The van der Waals surface area contributed by atoms with Crippen molar-refractivity contribution in [3.05, 3.63) is 60.9 Å². The maximum Gasteiger partial charge on any atom is 0.0724 e. The fraction of sp³-hybridized carbons (Fsp3) is 0.100. The van der Waals surface area contributed by atoms with E-state index >= 15 is 0 Å². The van der Waals surface area contributed by atoms with Gasteiger partial charge in [-0.2, -0.15) is 0 Å². The number of benzene rings is 2. The minimum absolute atomic E-state index is 1.04. The zero-order chi connectivity index (χ0) is 17.2. The molecule has 0 bridgehead atoms. The number of aromatic nitrogens is 2. The zero-order valence-electron chi connectivity index (χ0n) is 13.9. The predicted molar refractivity (Wildman–Crippen MR) is 111 cm³/mol. The van der Waals surface area contributed by atoms with Gasteiger partial charge in [0.2, 0.25) is 0 Å². The Morgan fingerprint density at radius 3 is 1.56 bits per heavy atom. The lowest BCUT2D eigenvalue weighted by Gasteiger charge is -2.09. The monoisotopic (exact) mass is 380 g/mol. The largest absolute Gasteiger partial charge is 0.256 e. The third kappa shape index (κ3) is 3.36. The van der Waals surface area contributed by atoms with E-state index in [4.69, 9.17) is 0 Å². The molecule has 124 valence electrons. The van der Waals surface area contributed by atoms with Gasteiger partial charge in [0.05, 0.1) is 11.0 Å². The molecule has 0 aliphatic carbocycles. The van der Waals surface area contributed by atoms with Gasteiger partial charge < -0.3 is 0 Å². The zero-order valence-corrected chi connectivity index (χ0v) is 16.3. The van der Waals surface area contributed by atoms with Crippen molar-refractivity contribution < 1.29 is 0 Å². The van der Waals surface area contributed by atoms with Crippen LogP contribution in [-0.2, 0) is 0 Å². The van der Waals surface area contributed by atoms with Crippen LogP contribution in [0.5, 0.6) is 0 Å². The van der Waals surface area contributed by atoms with Crippen LogP contribution >= 0.6 is 35.3 Å². The van der Waals surface area contributed by atoms with Crippen molar-refractivity contribution in [2.45, 2.75) is 19.6 Å². The minimum atomic E-state index is 1.04. The molecule has 2 aromatic carbocycles. The van der Waals surface area contributed by atoms with E-state index in [1.165, 1.54) is 30.4 Å². The summed E-state index contributed by atoms with van der Waals surface area (Å²) in [5, 5.41) is 2.38. The van der Waals surface area contributed by atoms with Crippen LogP contribution in [0.3, 0.4) is 0 Å². The molecular formula is C20H16N2S3. The van der Waals surface area contributed by atoms with Crippen molar-refractivity contribution in [1.29, 1.82) is 0 Å². The third-order valence-corrected chi connectivity index (χ3v) is 6.64. The molecular weight excluding hydrogens is 364 g/mol. The van der Waals surface area contributed by atoms with E-state index < -0.39 is 0 Å². The van der Waals surface area contributed by atoms with Crippen LogP contribution in [0.2, 0.25) is 0 Å². The van der Waals surface area contributed by atoms with E-state index in [9.17, 15) is 0 Å². The molecule has 4 aromatic rings.